The Kier molecular flexibility index (Phi) is 7.29. The molecule has 0 bridgehead atoms. The molecule has 0 saturated heterocycles. The molecule has 0 aliphatic carbocycles. The van der Waals surface area contributed by atoms with Crippen molar-refractivity contribution in [2.75, 3.05) is 13.1 Å². The lowest BCUT2D eigenvalue weighted by atomic mass is 9.96. The summed E-state index contributed by atoms with van der Waals surface area (Å²) in [5, 5.41) is 6.33. The van der Waals surface area contributed by atoms with Crippen molar-refractivity contribution >= 4 is 17.4 Å². The van der Waals surface area contributed by atoms with Crippen LogP contribution < -0.4 is 10.6 Å². The SMILES string of the molecule is Cc1ncsc1CNCC(CNC(=O)OC(C)(C)C)C(C)C. The maximum Gasteiger partial charge on any atom is 0.407 e. The first-order chi connectivity index (χ1) is 10.2. The Bertz CT molecular complexity index is 466. The number of carbonyl (C=O) groups excluding carboxylic acids is 1. The number of carbonyl (C=O) groups is 1. The highest BCUT2D eigenvalue weighted by Crippen LogP contribution is 2.13. The van der Waals surface area contributed by atoms with Crippen LogP contribution in [0.15, 0.2) is 5.51 Å². The highest BCUT2D eigenvalue weighted by molar-refractivity contribution is 7.09. The molecule has 1 atom stereocenters. The molecule has 6 heteroatoms. The Balaban J connectivity index is 2.36. The molecule has 1 rings (SSSR count). The average Bonchev–Trinajstić information content (AvgIpc) is 2.76. The van der Waals surface area contributed by atoms with Crippen LogP contribution >= 0.6 is 11.3 Å². The Morgan fingerprint density at radius 2 is 2.05 bits per heavy atom. The summed E-state index contributed by atoms with van der Waals surface area (Å²) in [6, 6.07) is 0. The van der Waals surface area contributed by atoms with Crippen molar-refractivity contribution in [3.8, 4) is 0 Å². The molecule has 1 heterocycles. The van der Waals surface area contributed by atoms with E-state index >= 15 is 0 Å². The fraction of sp³-hybridized carbons (Fsp3) is 0.750. The summed E-state index contributed by atoms with van der Waals surface area (Å²) in [7, 11) is 0. The quantitative estimate of drug-likeness (QED) is 0.806. The molecule has 1 amide bonds. The van der Waals surface area contributed by atoms with E-state index in [2.05, 4.69) is 29.5 Å². The van der Waals surface area contributed by atoms with Crippen molar-refractivity contribution in [2.45, 2.75) is 53.7 Å². The summed E-state index contributed by atoms with van der Waals surface area (Å²) in [6.45, 7) is 14.3. The van der Waals surface area contributed by atoms with Gasteiger partial charge in [-0.3, -0.25) is 0 Å². The number of hydrogen-bond donors (Lipinski definition) is 2. The van der Waals surface area contributed by atoms with Gasteiger partial charge >= 0.3 is 6.09 Å². The molecule has 0 spiro atoms. The lowest BCUT2D eigenvalue weighted by Gasteiger charge is -2.24. The van der Waals surface area contributed by atoms with Crippen LogP contribution in [0.5, 0.6) is 0 Å². The smallest absolute Gasteiger partial charge is 0.407 e. The summed E-state index contributed by atoms with van der Waals surface area (Å²) in [5.74, 6) is 0.839. The number of thiazole rings is 1. The second kappa shape index (κ2) is 8.48. The standard InChI is InChI=1S/C16H29N3O2S/c1-11(2)13(8-18-15(20)21-16(4,5)6)7-17-9-14-12(3)19-10-22-14/h10-11,13,17H,7-9H2,1-6H3,(H,18,20). The van der Waals surface area contributed by atoms with Crippen LogP contribution in [0, 0.1) is 18.8 Å². The van der Waals surface area contributed by atoms with Gasteiger partial charge in [0.15, 0.2) is 0 Å². The van der Waals surface area contributed by atoms with Gasteiger partial charge in [0, 0.05) is 24.5 Å². The summed E-state index contributed by atoms with van der Waals surface area (Å²) in [6.07, 6.45) is -0.351. The molecular weight excluding hydrogens is 298 g/mol. The van der Waals surface area contributed by atoms with Crippen molar-refractivity contribution in [1.29, 1.82) is 0 Å². The number of nitrogens with one attached hydrogen (secondary N) is 2. The Morgan fingerprint density at radius 1 is 1.36 bits per heavy atom. The molecule has 22 heavy (non-hydrogen) atoms. The highest BCUT2D eigenvalue weighted by atomic mass is 32.1. The van der Waals surface area contributed by atoms with Gasteiger partial charge in [0.2, 0.25) is 0 Å². The molecule has 0 aliphatic heterocycles. The fourth-order valence-electron chi connectivity index (χ4n) is 1.94. The first-order valence-corrected chi connectivity index (χ1v) is 8.63. The number of hydrogen-bond acceptors (Lipinski definition) is 5. The molecule has 2 N–H and O–H groups in total. The van der Waals surface area contributed by atoms with E-state index in [1.54, 1.807) is 11.3 Å². The second-order valence-electron chi connectivity index (χ2n) is 6.88. The zero-order valence-electron chi connectivity index (χ0n) is 14.5. The Morgan fingerprint density at radius 3 is 2.55 bits per heavy atom. The van der Waals surface area contributed by atoms with Gasteiger partial charge in [-0.25, -0.2) is 9.78 Å². The van der Waals surface area contributed by atoms with Crippen LogP contribution in [0.2, 0.25) is 0 Å². The third-order valence-corrected chi connectivity index (χ3v) is 4.32. The molecular formula is C16H29N3O2S. The van der Waals surface area contributed by atoms with E-state index in [1.165, 1.54) is 4.88 Å². The number of ether oxygens (including phenoxy) is 1. The molecule has 126 valence electrons. The van der Waals surface area contributed by atoms with Gasteiger partial charge < -0.3 is 15.4 Å². The number of aryl methyl sites for hydroxylation is 1. The normalized spacial score (nSPS) is 13.2. The monoisotopic (exact) mass is 327 g/mol. The topological polar surface area (TPSA) is 63.2 Å². The van der Waals surface area contributed by atoms with E-state index in [-0.39, 0.29) is 6.09 Å². The minimum Gasteiger partial charge on any atom is -0.444 e. The van der Waals surface area contributed by atoms with Gasteiger partial charge in [-0.1, -0.05) is 13.8 Å². The van der Waals surface area contributed by atoms with E-state index in [1.807, 2.05) is 33.2 Å². The molecule has 0 aromatic carbocycles. The van der Waals surface area contributed by atoms with Crippen molar-refractivity contribution < 1.29 is 9.53 Å². The molecule has 0 saturated carbocycles. The van der Waals surface area contributed by atoms with Gasteiger partial charge in [0.05, 0.1) is 11.2 Å². The number of rotatable bonds is 7. The van der Waals surface area contributed by atoms with E-state index in [0.29, 0.717) is 18.4 Å². The van der Waals surface area contributed by atoms with E-state index in [0.717, 1.165) is 18.8 Å². The zero-order chi connectivity index (χ0) is 16.8. The lowest BCUT2D eigenvalue weighted by Crippen LogP contribution is -2.39. The Hall–Kier alpha value is -1.14. The van der Waals surface area contributed by atoms with Gasteiger partial charge in [0.25, 0.3) is 0 Å². The van der Waals surface area contributed by atoms with Gasteiger partial charge in [0.1, 0.15) is 5.60 Å². The predicted molar refractivity (Wildman–Crippen MR) is 91.1 cm³/mol. The number of nitrogens with zero attached hydrogens (tertiary/aromatic N) is 1. The van der Waals surface area contributed by atoms with Gasteiger partial charge in [-0.05, 0) is 39.5 Å². The van der Waals surface area contributed by atoms with Crippen molar-refractivity contribution in [3.63, 3.8) is 0 Å². The average molecular weight is 327 g/mol. The van der Waals surface area contributed by atoms with Crippen LogP contribution in [0.3, 0.4) is 0 Å². The van der Waals surface area contributed by atoms with Crippen LogP contribution in [0.1, 0.15) is 45.2 Å². The maximum absolute atomic E-state index is 11.7. The third-order valence-electron chi connectivity index (χ3n) is 3.39. The van der Waals surface area contributed by atoms with Crippen molar-refractivity contribution in [1.82, 2.24) is 15.6 Å². The molecule has 0 aliphatic rings. The molecule has 1 aromatic rings. The second-order valence-corrected chi connectivity index (χ2v) is 7.82. The number of alkyl carbamates (subject to hydrolysis) is 1. The van der Waals surface area contributed by atoms with E-state index in [4.69, 9.17) is 4.74 Å². The summed E-state index contributed by atoms with van der Waals surface area (Å²) in [4.78, 5) is 17.2. The minimum absolute atomic E-state index is 0.351. The summed E-state index contributed by atoms with van der Waals surface area (Å²) < 4.78 is 5.27. The van der Waals surface area contributed by atoms with Crippen LogP contribution in [0.25, 0.3) is 0 Å². The van der Waals surface area contributed by atoms with E-state index in [9.17, 15) is 4.79 Å². The number of amides is 1. The molecule has 0 fully saturated rings. The Labute approximate surface area is 137 Å². The largest absolute Gasteiger partial charge is 0.444 e. The number of aromatic nitrogens is 1. The van der Waals surface area contributed by atoms with Crippen LogP contribution in [-0.4, -0.2) is 29.8 Å². The van der Waals surface area contributed by atoms with Gasteiger partial charge in [-0.15, -0.1) is 11.3 Å². The van der Waals surface area contributed by atoms with Crippen LogP contribution in [-0.2, 0) is 11.3 Å². The molecule has 5 nitrogen and oxygen atoms in total. The van der Waals surface area contributed by atoms with Crippen LogP contribution in [0.4, 0.5) is 4.79 Å². The first kappa shape index (κ1) is 18.9. The molecule has 1 aromatic heterocycles. The lowest BCUT2D eigenvalue weighted by molar-refractivity contribution is 0.0515. The fourth-order valence-corrected chi connectivity index (χ4v) is 2.69. The van der Waals surface area contributed by atoms with E-state index < -0.39 is 5.60 Å². The predicted octanol–water partition coefficient (Wildman–Crippen LogP) is 3.34. The molecule has 0 radical (unpaired) electrons. The van der Waals surface area contributed by atoms with Gasteiger partial charge in [-0.2, -0.15) is 0 Å². The van der Waals surface area contributed by atoms with Crippen molar-refractivity contribution in [2.24, 2.45) is 11.8 Å². The highest BCUT2D eigenvalue weighted by Gasteiger charge is 2.19. The maximum atomic E-state index is 11.7. The third kappa shape index (κ3) is 7.22. The summed E-state index contributed by atoms with van der Waals surface area (Å²) in [5.41, 5.74) is 2.50. The van der Waals surface area contributed by atoms with Crippen molar-refractivity contribution in [3.05, 3.63) is 16.1 Å². The summed E-state index contributed by atoms with van der Waals surface area (Å²) >= 11 is 1.67. The first-order valence-electron chi connectivity index (χ1n) is 7.75. The molecule has 1 unspecified atom stereocenters. The minimum atomic E-state index is -0.459. The zero-order valence-corrected chi connectivity index (χ0v) is 15.3.